The van der Waals surface area contributed by atoms with E-state index in [4.69, 9.17) is 21.1 Å². The molecule has 14 heteroatoms. The fraction of sp³-hybridized carbons (Fsp3) is 0.222. The van der Waals surface area contributed by atoms with Gasteiger partial charge in [0.25, 0.3) is 0 Å². The molecule has 0 radical (unpaired) electrons. The lowest BCUT2D eigenvalue weighted by atomic mass is 10.2. The van der Waals surface area contributed by atoms with Gasteiger partial charge in [0.1, 0.15) is 17.2 Å². The van der Waals surface area contributed by atoms with Crippen LogP contribution >= 0.6 is 23.4 Å². The summed E-state index contributed by atoms with van der Waals surface area (Å²) < 4.78 is 52.4. The Balaban J connectivity index is 1.67. The Morgan fingerprint density at radius 2 is 1.84 bits per heavy atom. The zero-order valence-corrected chi connectivity index (χ0v) is 18.1. The van der Waals surface area contributed by atoms with E-state index in [0.29, 0.717) is 27.9 Å². The van der Waals surface area contributed by atoms with Crippen molar-refractivity contribution in [3.05, 3.63) is 41.4 Å². The van der Waals surface area contributed by atoms with E-state index in [9.17, 15) is 18.0 Å². The van der Waals surface area contributed by atoms with E-state index in [1.165, 1.54) is 43.2 Å². The van der Waals surface area contributed by atoms with Crippen LogP contribution in [0.15, 0.2) is 41.6 Å². The number of carbonyl (C=O) groups is 1. The summed E-state index contributed by atoms with van der Waals surface area (Å²) in [5, 5.41) is 14.5. The normalized spacial score (nSPS) is 11.2. The first-order valence-corrected chi connectivity index (χ1v) is 10.0. The molecule has 0 aliphatic heterocycles. The number of nitrogens with zero attached hydrogens (tertiary/aromatic N) is 4. The van der Waals surface area contributed by atoms with E-state index in [1.807, 2.05) is 0 Å². The number of tetrazole rings is 1. The average Bonchev–Trinajstić information content (AvgIpc) is 3.21. The summed E-state index contributed by atoms with van der Waals surface area (Å²) in [6, 6.07) is 8.00. The van der Waals surface area contributed by atoms with Crippen molar-refractivity contribution in [3.63, 3.8) is 0 Å². The van der Waals surface area contributed by atoms with Crippen LogP contribution in [0, 0.1) is 0 Å². The van der Waals surface area contributed by atoms with Crippen molar-refractivity contribution >= 4 is 35.0 Å². The Morgan fingerprint density at radius 3 is 2.47 bits per heavy atom. The number of nitrogens with one attached hydrogen (secondary N) is 1. The summed E-state index contributed by atoms with van der Waals surface area (Å²) in [6.07, 6.45) is -4.79. The van der Waals surface area contributed by atoms with E-state index in [-0.39, 0.29) is 22.6 Å². The fourth-order valence-corrected chi connectivity index (χ4v) is 3.42. The summed E-state index contributed by atoms with van der Waals surface area (Å²) in [5.41, 5.74) is 0.746. The number of benzene rings is 2. The maximum absolute atomic E-state index is 12.4. The highest BCUT2D eigenvalue weighted by Crippen LogP contribution is 2.36. The standard InChI is InChI=1S/C18H15ClF3N5O4S/c1-29-14-8-13(15(30-2)7-12(14)19)23-16(28)9-32-17-24-25-26-27(17)10-3-5-11(6-4-10)31-18(20,21)22/h3-8H,9H2,1-2H3,(H,23,28). The third-order valence-electron chi connectivity index (χ3n) is 3.84. The van der Waals surface area contributed by atoms with Crippen LogP contribution in [0.4, 0.5) is 18.9 Å². The Hall–Kier alpha value is -3.19. The van der Waals surface area contributed by atoms with Crippen molar-refractivity contribution in [2.45, 2.75) is 11.5 Å². The minimum Gasteiger partial charge on any atom is -0.495 e. The van der Waals surface area contributed by atoms with Crippen molar-refractivity contribution in [2.24, 2.45) is 0 Å². The third kappa shape index (κ3) is 5.95. The number of hydrogen-bond acceptors (Lipinski definition) is 8. The zero-order valence-electron chi connectivity index (χ0n) is 16.5. The SMILES string of the molecule is COc1cc(NC(=O)CSc2nnnn2-c2ccc(OC(F)(F)F)cc2)c(OC)cc1Cl. The van der Waals surface area contributed by atoms with Gasteiger partial charge in [-0.25, -0.2) is 0 Å². The number of halogens is 4. The van der Waals surface area contributed by atoms with Crippen molar-refractivity contribution in [1.29, 1.82) is 0 Å². The van der Waals surface area contributed by atoms with E-state index >= 15 is 0 Å². The van der Waals surface area contributed by atoms with Gasteiger partial charge in [-0.05, 0) is 34.7 Å². The lowest BCUT2D eigenvalue weighted by Crippen LogP contribution is -2.17. The van der Waals surface area contributed by atoms with Crippen LogP contribution in [-0.4, -0.2) is 52.4 Å². The molecule has 0 unspecified atom stereocenters. The summed E-state index contributed by atoms with van der Waals surface area (Å²) in [6.45, 7) is 0. The van der Waals surface area contributed by atoms with Gasteiger partial charge in [0.15, 0.2) is 0 Å². The predicted molar refractivity (Wildman–Crippen MR) is 110 cm³/mol. The molecule has 9 nitrogen and oxygen atoms in total. The van der Waals surface area contributed by atoms with Crippen LogP contribution in [0.5, 0.6) is 17.2 Å². The second kappa shape index (κ2) is 9.96. The first kappa shape index (κ1) is 23.5. The summed E-state index contributed by atoms with van der Waals surface area (Å²) in [4.78, 5) is 12.4. The Morgan fingerprint density at radius 1 is 1.16 bits per heavy atom. The molecule has 1 N–H and O–H groups in total. The predicted octanol–water partition coefficient (Wildman–Crippen LogP) is 3.96. The smallest absolute Gasteiger partial charge is 0.495 e. The Bertz CT molecular complexity index is 1100. The van der Waals surface area contributed by atoms with Gasteiger partial charge in [-0.1, -0.05) is 23.4 Å². The molecule has 3 rings (SSSR count). The average molecular weight is 490 g/mol. The van der Waals surface area contributed by atoms with Gasteiger partial charge in [0.05, 0.1) is 36.4 Å². The maximum atomic E-state index is 12.4. The van der Waals surface area contributed by atoms with Crippen molar-refractivity contribution in [2.75, 3.05) is 25.3 Å². The monoisotopic (exact) mass is 489 g/mol. The molecule has 0 fully saturated rings. The number of aromatic nitrogens is 4. The van der Waals surface area contributed by atoms with Crippen molar-refractivity contribution < 1.29 is 32.2 Å². The number of methoxy groups -OCH3 is 2. The van der Waals surface area contributed by atoms with Gasteiger partial charge in [-0.15, -0.1) is 18.3 Å². The molecule has 0 bridgehead atoms. The zero-order chi connectivity index (χ0) is 23.3. The van der Waals surface area contributed by atoms with Crippen LogP contribution in [0.25, 0.3) is 5.69 Å². The molecule has 0 aliphatic rings. The highest BCUT2D eigenvalue weighted by atomic mass is 35.5. The molecule has 0 saturated heterocycles. The lowest BCUT2D eigenvalue weighted by Gasteiger charge is -2.13. The molecular formula is C18H15ClF3N5O4S. The topological polar surface area (TPSA) is 100 Å². The van der Waals surface area contributed by atoms with Crippen LogP contribution < -0.4 is 19.5 Å². The first-order chi connectivity index (χ1) is 15.2. The van der Waals surface area contributed by atoms with E-state index in [1.54, 1.807) is 0 Å². The number of carbonyl (C=O) groups excluding carboxylic acids is 1. The van der Waals surface area contributed by atoms with Gasteiger partial charge in [-0.3, -0.25) is 4.79 Å². The Labute approximate surface area is 188 Å². The van der Waals surface area contributed by atoms with Gasteiger partial charge < -0.3 is 19.5 Å². The van der Waals surface area contributed by atoms with Gasteiger partial charge in [0, 0.05) is 12.1 Å². The molecule has 0 atom stereocenters. The molecule has 1 aromatic heterocycles. The molecular weight excluding hydrogens is 475 g/mol. The van der Waals surface area contributed by atoms with Gasteiger partial charge >= 0.3 is 6.36 Å². The van der Waals surface area contributed by atoms with Crippen LogP contribution in [0.1, 0.15) is 0 Å². The number of thioether (sulfide) groups is 1. The van der Waals surface area contributed by atoms with E-state index < -0.39 is 6.36 Å². The van der Waals surface area contributed by atoms with Crippen molar-refractivity contribution in [1.82, 2.24) is 20.2 Å². The molecule has 170 valence electrons. The van der Waals surface area contributed by atoms with Crippen LogP contribution in [0.3, 0.4) is 0 Å². The highest BCUT2D eigenvalue weighted by molar-refractivity contribution is 7.99. The molecule has 32 heavy (non-hydrogen) atoms. The molecule has 3 aromatic rings. The molecule has 0 saturated carbocycles. The summed E-state index contributed by atoms with van der Waals surface area (Å²) in [7, 11) is 2.87. The highest BCUT2D eigenvalue weighted by Gasteiger charge is 2.31. The second-order valence-corrected chi connectivity index (χ2v) is 7.29. The number of hydrogen-bond donors (Lipinski definition) is 1. The third-order valence-corrected chi connectivity index (χ3v) is 5.05. The van der Waals surface area contributed by atoms with Crippen LogP contribution in [-0.2, 0) is 4.79 Å². The first-order valence-electron chi connectivity index (χ1n) is 8.69. The second-order valence-electron chi connectivity index (χ2n) is 5.94. The molecule has 1 heterocycles. The quantitative estimate of drug-likeness (QED) is 0.474. The van der Waals surface area contributed by atoms with E-state index in [2.05, 4.69) is 25.6 Å². The van der Waals surface area contributed by atoms with Crippen molar-refractivity contribution in [3.8, 4) is 22.9 Å². The molecule has 0 spiro atoms. The molecule has 1 amide bonds. The minimum atomic E-state index is -4.79. The number of ether oxygens (including phenoxy) is 3. The largest absolute Gasteiger partial charge is 0.573 e. The van der Waals surface area contributed by atoms with Gasteiger partial charge in [0.2, 0.25) is 11.1 Å². The number of rotatable bonds is 8. The lowest BCUT2D eigenvalue weighted by molar-refractivity contribution is -0.274. The minimum absolute atomic E-state index is 0.0657. The number of anilines is 1. The number of alkyl halides is 3. The maximum Gasteiger partial charge on any atom is 0.573 e. The van der Waals surface area contributed by atoms with E-state index in [0.717, 1.165) is 23.9 Å². The summed E-state index contributed by atoms with van der Waals surface area (Å²) in [5.74, 6) is -0.127. The summed E-state index contributed by atoms with van der Waals surface area (Å²) >= 11 is 7.07. The van der Waals surface area contributed by atoms with Crippen LogP contribution in [0.2, 0.25) is 5.02 Å². The number of amides is 1. The fourth-order valence-electron chi connectivity index (χ4n) is 2.49. The molecule has 0 aliphatic carbocycles. The van der Waals surface area contributed by atoms with Gasteiger partial charge in [-0.2, -0.15) is 4.68 Å². The molecule has 2 aromatic carbocycles. The Kier molecular flexibility index (Phi) is 7.30.